The highest BCUT2D eigenvalue weighted by Gasteiger charge is 2.24. The van der Waals surface area contributed by atoms with Gasteiger partial charge < -0.3 is 14.0 Å². The first-order valence-electron chi connectivity index (χ1n) is 13.1. The zero-order chi connectivity index (χ0) is 26.5. The molecular weight excluding hydrogens is 469 g/mol. The summed E-state index contributed by atoms with van der Waals surface area (Å²) in [6, 6.07) is 14.0. The van der Waals surface area contributed by atoms with Crippen LogP contribution in [0, 0.1) is 11.7 Å². The van der Waals surface area contributed by atoms with Gasteiger partial charge in [-0.25, -0.2) is 9.37 Å². The predicted octanol–water partition coefficient (Wildman–Crippen LogP) is 5.63. The molecule has 2 unspecified atom stereocenters. The molecule has 1 aliphatic heterocycles. The van der Waals surface area contributed by atoms with Crippen LogP contribution < -0.4 is 4.74 Å². The van der Waals surface area contributed by atoms with Crippen LogP contribution in [-0.4, -0.2) is 59.2 Å². The topological polar surface area (TPSA) is 56.6 Å². The Balaban J connectivity index is 1.57. The minimum atomic E-state index is -0.433. The highest BCUT2D eigenvalue weighted by Crippen LogP contribution is 2.29. The number of nitrogens with zero attached hydrogens (tertiary/aromatic N) is 3. The molecule has 0 spiro atoms. The van der Waals surface area contributed by atoms with Gasteiger partial charge in [-0.1, -0.05) is 38.1 Å². The first-order chi connectivity index (χ1) is 17.7. The van der Waals surface area contributed by atoms with Crippen molar-refractivity contribution in [2.75, 3.05) is 26.9 Å². The molecular formula is C30H38FN3O3. The lowest BCUT2D eigenvalue weighted by atomic mass is 10.1. The maximum Gasteiger partial charge on any atom is 0.165 e. The van der Waals surface area contributed by atoms with E-state index in [1.165, 1.54) is 18.7 Å². The number of halogens is 1. The molecule has 3 aromatic rings. The van der Waals surface area contributed by atoms with Crippen LogP contribution in [0.1, 0.15) is 39.7 Å². The van der Waals surface area contributed by atoms with Gasteiger partial charge in [-0.15, -0.1) is 0 Å². The molecule has 7 heteroatoms. The first kappa shape index (κ1) is 27.0. The summed E-state index contributed by atoms with van der Waals surface area (Å²) in [7, 11) is 1.44. The maximum absolute atomic E-state index is 14.1. The first-order valence-corrected chi connectivity index (χ1v) is 13.1. The number of carbonyl (C=O) groups is 1. The van der Waals surface area contributed by atoms with Crippen LogP contribution >= 0.6 is 0 Å². The molecule has 4 rings (SSSR count). The van der Waals surface area contributed by atoms with Crippen molar-refractivity contribution in [3.05, 3.63) is 60.0 Å². The van der Waals surface area contributed by atoms with E-state index in [9.17, 15) is 9.18 Å². The second-order valence-corrected chi connectivity index (χ2v) is 10.5. The van der Waals surface area contributed by atoms with Crippen LogP contribution in [-0.2, 0) is 22.5 Å². The van der Waals surface area contributed by atoms with E-state index in [-0.39, 0.29) is 24.0 Å². The monoisotopic (exact) mass is 507 g/mol. The molecule has 0 aliphatic carbocycles. The SMILES string of the molecule is COc1cc(-c2nc(-c3ccc(CCN4C(C)COCC4C)cc3)cn2CC(=O)CC(C)C)ccc1F. The van der Waals surface area contributed by atoms with Crippen molar-refractivity contribution in [3.8, 4) is 28.4 Å². The third-order valence-corrected chi connectivity index (χ3v) is 6.93. The molecule has 2 aromatic carbocycles. The van der Waals surface area contributed by atoms with Gasteiger partial charge in [0, 0.05) is 42.4 Å². The molecule has 2 atom stereocenters. The van der Waals surface area contributed by atoms with Gasteiger partial charge in [-0.05, 0) is 49.9 Å². The summed E-state index contributed by atoms with van der Waals surface area (Å²) in [6.45, 7) is 11.3. The van der Waals surface area contributed by atoms with Crippen molar-refractivity contribution in [3.63, 3.8) is 0 Å². The zero-order valence-corrected chi connectivity index (χ0v) is 22.5. The number of hydrogen-bond acceptors (Lipinski definition) is 5. The summed E-state index contributed by atoms with van der Waals surface area (Å²) >= 11 is 0. The van der Waals surface area contributed by atoms with Crippen molar-refractivity contribution in [2.24, 2.45) is 5.92 Å². The summed E-state index contributed by atoms with van der Waals surface area (Å²) < 4.78 is 26.7. The second kappa shape index (κ2) is 12.0. The highest BCUT2D eigenvalue weighted by molar-refractivity contribution is 5.79. The van der Waals surface area contributed by atoms with Crippen LogP contribution in [0.5, 0.6) is 5.75 Å². The van der Waals surface area contributed by atoms with E-state index in [4.69, 9.17) is 14.5 Å². The van der Waals surface area contributed by atoms with Crippen molar-refractivity contribution < 1.29 is 18.7 Å². The average molecular weight is 508 g/mol. The number of imidazole rings is 1. The van der Waals surface area contributed by atoms with Crippen molar-refractivity contribution in [2.45, 2.75) is 59.2 Å². The lowest BCUT2D eigenvalue weighted by molar-refractivity contribution is -0.120. The molecule has 0 radical (unpaired) electrons. The molecule has 1 aliphatic rings. The molecule has 198 valence electrons. The number of rotatable bonds is 10. The summed E-state index contributed by atoms with van der Waals surface area (Å²) in [5.74, 6) is 0.745. The zero-order valence-electron chi connectivity index (χ0n) is 22.5. The fourth-order valence-electron chi connectivity index (χ4n) is 4.99. The van der Waals surface area contributed by atoms with Crippen molar-refractivity contribution >= 4 is 5.78 Å². The Hall–Kier alpha value is -3.03. The van der Waals surface area contributed by atoms with E-state index in [0.717, 1.165) is 37.4 Å². The number of benzene rings is 2. The Morgan fingerprint density at radius 1 is 1.11 bits per heavy atom. The lowest BCUT2D eigenvalue weighted by Crippen LogP contribution is -2.50. The number of ketones is 1. The number of ether oxygens (including phenoxy) is 2. The van der Waals surface area contributed by atoms with Gasteiger partial charge in [0.1, 0.15) is 5.82 Å². The Bertz CT molecular complexity index is 1200. The maximum atomic E-state index is 14.1. The summed E-state index contributed by atoms with van der Waals surface area (Å²) in [6.07, 6.45) is 3.37. The van der Waals surface area contributed by atoms with E-state index >= 15 is 0 Å². The number of Topliss-reactive ketones (excluding diaryl/α,β-unsaturated/α-hetero) is 1. The van der Waals surface area contributed by atoms with Gasteiger partial charge in [0.05, 0.1) is 32.6 Å². The highest BCUT2D eigenvalue weighted by atomic mass is 19.1. The Kier molecular flexibility index (Phi) is 8.77. The van der Waals surface area contributed by atoms with Gasteiger partial charge in [0.15, 0.2) is 17.3 Å². The van der Waals surface area contributed by atoms with Gasteiger partial charge >= 0.3 is 0 Å². The third-order valence-electron chi connectivity index (χ3n) is 6.93. The van der Waals surface area contributed by atoms with Crippen LogP contribution in [0.2, 0.25) is 0 Å². The minimum Gasteiger partial charge on any atom is -0.494 e. The molecule has 0 bridgehead atoms. The van der Waals surface area contributed by atoms with E-state index in [0.29, 0.717) is 29.9 Å². The van der Waals surface area contributed by atoms with E-state index in [1.807, 2.05) is 24.6 Å². The predicted molar refractivity (Wildman–Crippen MR) is 144 cm³/mol. The second-order valence-electron chi connectivity index (χ2n) is 10.5. The molecule has 0 saturated carbocycles. The Labute approximate surface area is 219 Å². The van der Waals surface area contributed by atoms with E-state index in [2.05, 4.69) is 43.0 Å². The van der Waals surface area contributed by atoms with Crippen molar-refractivity contribution in [1.29, 1.82) is 0 Å². The van der Waals surface area contributed by atoms with Crippen LogP contribution in [0.4, 0.5) is 4.39 Å². The molecule has 6 nitrogen and oxygen atoms in total. The van der Waals surface area contributed by atoms with Crippen LogP contribution in [0.3, 0.4) is 0 Å². The van der Waals surface area contributed by atoms with Gasteiger partial charge in [0.2, 0.25) is 0 Å². The van der Waals surface area contributed by atoms with Gasteiger partial charge in [-0.2, -0.15) is 0 Å². The third kappa shape index (κ3) is 6.65. The molecule has 2 heterocycles. The summed E-state index contributed by atoms with van der Waals surface area (Å²) in [5.41, 5.74) is 3.72. The van der Waals surface area contributed by atoms with Crippen LogP contribution in [0.15, 0.2) is 48.7 Å². The number of aromatic nitrogens is 2. The van der Waals surface area contributed by atoms with E-state index in [1.54, 1.807) is 12.1 Å². The molecule has 37 heavy (non-hydrogen) atoms. The molecule has 1 aromatic heterocycles. The standard InChI is InChI=1S/C30H38FN3O3/c1-20(2)14-26(35)16-33-17-28(32-30(33)25-10-11-27(31)29(15-25)36-5)24-8-6-23(7-9-24)12-13-34-21(3)18-37-19-22(34)4/h6-11,15,17,20-22H,12-14,16,18-19H2,1-5H3. The molecule has 1 fully saturated rings. The summed E-state index contributed by atoms with van der Waals surface area (Å²) in [5, 5.41) is 0. The minimum absolute atomic E-state index is 0.135. The quantitative estimate of drug-likeness (QED) is 0.356. The fourth-order valence-corrected chi connectivity index (χ4v) is 4.99. The average Bonchev–Trinajstić information content (AvgIpc) is 3.27. The molecule has 0 N–H and O–H groups in total. The smallest absolute Gasteiger partial charge is 0.165 e. The number of methoxy groups -OCH3 is 1. The lowest BCUT2D eigenvalue weighted by Gasteiger charge is -2.38. The normalized spacial score (nSPS) is 18.4. The molecule has 1 saturated heterocycles. The Morgan fingerprint density at radius 2 is 1.78 bits per heavy atom. The van der Waals surface area contributed by atoms with Crippen LogP contribution in [0.25, 0.3) is 22.6 Å². The number of morpholine rings is 1. The number of carbonyl (C=O) groups excluding carboxylic acids is 1. The van der Waals surface area contributed by atoms with Gasteiger partial charge in [-0.3, -0.25) is 9.69 Å². The van der Waals surface area contributed by atoms with Gasteiger partial charge in [0.25, 0.3) is 0 Å². The fraction of sp³-hybridized carbons (Fsp3) is 0.467. The summed E-state index contributed by atoms with van der Waals surface area (Å²) in [4.78, 5) is 20.1. The van der Waals surface area contributed by atoms with Crippen molar-refractivity contribution in [1.82, 2.24) is 14.5 Å². The van der Waals surface area contributed by atoms with E-state index < -0.39 is 5.82 Å². The number of hydrogen-bond donors (Lipinski definition) is 0. The largest absolute Gasteiger partial charge is 0.494 e. The molecule has 0 amide bonds. The Morgan fingerprint density at radius 3 is 2.43 bits per heavy atom.